The number of aromatic nitrogens is 3. The number of benzene rings is 1. The molecular formula is C9H9N3O. The number of H-pyrrole nitrogens is 1. The number of nitrogens with zero attached hydrogens (tertiary/aromatic N) is 2. The lowest BCUT2D eigenvalue weighted by Gasteiger charge is -2.01. The van der Waals surface area contributed by atoms with Crippen molar-refractivity contribution in [2.75, 3.05) is 0 Å². The highest BCUT2D eigenvalue weighted by molar-refractivity contribution is 5.21. The van der Waals surface area contributed by atoms with Crippen molar-refractivity contribution < 1.29 is 4.74 Å². The van der Waals surface area contributed by atoms with Crippen LogP contribution in [0.15, 0.2) is 36.5 Å². The van der Waals surface area contributed by atoms with Gasteiger partial charge in [-0.25, -0.2) is 0 Å². The van der Waals surface area contributed by atoms with Gasteiger partial charge in [0, 0.05) is 0 Å². The van der Waals surface area contributed by atoms with E-state index in [1.165, 1.54) is 0 Å². The fourth-order valence-electron chi connectivity index (χ4n) is 0.969. The second kappa shape index (κ2) is 3.71. The molecule has 1 aromatic carbocycles. The number of rotatable bonds is 3. The maximum Gasteiger partial charge on any atom is 0.134 e. The summed E-state index contributed by atoms with van der Waals surface area (Å²) < 4.78 is 5.43. The minimum absolute atomic E-state index is 0.445. The zero-order chi connectivity index (χ0) is 8.93. The Morgan fingerprint density at radius 3 is 2.77 bits per heavy atom. The molecule has 0 aliphatic rings. The van der Waals surface area contributed by atoms with E-state index < -0.39 is 0 Å². The molecule has 1 aromatic heterocycles. The monoisotopic (exact) mass is 175 g/mol. The first-order chi connectivity index (χ1) is 6.45. The average molecular weight is 175 g/mol. The van der Waals surface area contributed by atoms with Crippen molar-refractivity contribution >= 4 is 0 Å². The lowest BCUT2D eigenvalue weighted by molar-refractivity contribution is 0.301. The Morgan fingerprint density at radius 2 is 2.08 bits per heavy atom. The first-order valence-electron chi connectivity index (χ1n) is 3.97. The van der Waals surface area contributed by atoms with E-state index in [0.717, 1.165) is 11.4 Å². The number of hydrogen-bond donors (Lipinski definition) is 1. The molecule has 0 saturated heterocycles. The first kappa shape index (κ1) is 7.79. The van der Waals surface area contributed by atoms with E-state index >= 15 is 0 Å². The molecule has 4 nitrogen and oxygen atoms in total. The average Bonchev–Trinajstić information content (AvgIpc) is 2.69. The molecule has 0 saturated carbocycles. The molecule has 2 rings (SSSR count). The second-order valence-corrected chi connectivity index (χ2v) is 2.56. The smallest absolute Gasteiger partial charge is 0.134 e. The van der Waals surface area contributed by atoms with Gasteiger partial charge in [0.05, 0.1) is 6.20 Å². The molecule has 0 radical (unpaired) electrons. The van der Waals surface area contributed by atoms with Gasteiger partial charge in [-0.1, -0.05) is 18.2 Å². The van der Waals surface area contributed by atoms with Crippen LogP contribution in [0.3, 0.4) is 0 Å². The molecular weight excluding hydrogens is 166 g/mol. The Morgan fingerprint density at radius 1 is 1.23 bits per heavy atom. The third-order valence-corrected chi connectivity index (χ3v) is 1.59. The van der Waals surface area contributed by atoms with Crippen molar-refractivity contribution in [3.05, 3.63) is 42.2 Å². The second-order valence-electron chi connectivity index (χ2n) is 2.56. The molecule has 4 heteroatoms. The summed E-state index contributed by atoms with van der Waals surface area (Å²) in [6.45, 7) is 0.445. The molecule has 1 heterocycles. The van der Waals surface area contributed by atoms with Gasteiger partial charge in [-0.15, -0.1) is 0 Å². The molecule has 0 bridgehead atoms. The summed E-state index contributed by atoms with van der Waals surface area (Å²) in [6, 6.07) is 9.61. The van der Waals surface area contributed by atoms with Crippen molar-refractivity contribution in [1.29, 1.82) is 0 Å². The topological polar surface area (TPSA) is 50.8 Å². The molecule has 0 aliphatic heterocycles. The van der Waals surface area contributed by atoms with E-state index in [2.05, 4.69) is 15.4 Å². The molecule has 0 aliphatic carbocycles. The standard InChI is InChI=1S/C9H9N3O/c1-2-4-9(5-3-1)13-7-8-6-10-12-11-8/h1-6H,7H2,(H,10,11,12). The normalized spacial score (nSPS) is 9.85. The minimum Gasteiger partial charge on any atom is -0.487 e. The zero-order valence-electron chi connectivity index (χ0n) is 6.97. The number of hydrogen-bond acceptors (Lipinski definition) is 3. The molecule has 0 unspecified atom stereocenters. The largest absolute Gasteiger partial charge is 0.487 e. The van der Waals surface area contributed by atoms with E-state index in [1.54, 1.807) is 6.20 Å². The third-order valence-electron chi connectivity index (χ3n) is 1.59. The zero-order valence-corrected chi connectivity index (χ0v) is 6.97. The van der Waals surface area contributed by atoms with Crippen LogP contribution in [0.4, 0.5) is 0 Å². The number of aromatic amines is 1. The van der Waals surface area contributed by atoms with Crippen molar-refractivity contribution in [1.82, 2.24) is 15.4 Å². The summed E-state index contributed by atoms with van der Waals surface area (Å²) in [5.74, 6) is 0.838. The maximum absolute atomic E-state index is 5.43. The molecule has 0 atom stereocenters. The highest BCUT2D eigenvalue weighted by Gasteiger charge is 1.96. The van der Waals surface area contributed by atoms with Crippen molar-refractivity contribution in [3.8, 4) is 5.75 Å². The highest BCUT2D eigenvalue weighted by atomic mass is 16.5. The number of para-hydroxylation sites is 1. The van der Waals surface area contributed by atoms with E-state index in [0.29, 0.717) is 6.61 Å². The maximum atomic E-state index is 5.43. The minimum atomic E-state index is 0.445. The highest BCUT2D eigenvalue weighted by Crippen LogP contribution is 2.09. The van der Waals surface area contributed by atoms with Gasteiger partial charge in [0.1, 0.15) is 18.1 Å². The van der Waals surface area contributed by atoms with Crippen LogP contribution >= 0.6 is 0 Å². The lowest BCUT2D eigenvalue weighted by atomic mass is 10.3. The first-order valence-corrected chi connectivity index (χ1v) is 3.97. The van der Waals surface area contributed by atoms with Crippen LogP contribution in [0.1, 0.15) is 5.69 Å². The quantitative estimate of drug-likeness (QED) is 0.766. The summed E-state index contributed by atoms with van der Waals surface area (Å²) in [4.78, 5) is 0. The van der Waals surface area contributed by atoms with Crippen LogP contribution in [0, 0.1) is 0 Å². The fourth-order valence-corrected chi connectivity index (χ4v) is 0.969. The lowest BCUT2D eigenvalue weighted by Crippen LogP contribution is -1.95. The Labute approximate surface area is 75.6 Å². The SMILES string of the molecule is c1ccc(OCc2cn[nH]n2)cc1. The fraction of sp³-hybridized carbons (Fsp3) is 0.111. The predicted molar refractivity (Wildman–Crippen MR) is 47.2 cm³/mol. The van der Waals surface area contributed by atoms with Gasteiger partial charge in [-0.3, -0.25) is 0 Å². The Balaban J connectivity index is 1.94. The number of ether oxygens (including phenoxy) is 1. The van der Waals surface area contributed by atoms with E-state index in [-0.39, 0.29) is 0 Å². The molecule has 1 N–H and O–H groups in total. The molecule has 66 valence electrons. The van der Waals surface area contributed by atoms with Gasteiger partial charge in [0.2, 0.25) is 0 Å². The van der Waals surface area contributed by atoms with Gasteiger partial charge in [0.15, 0.2) is 0 Å². The van der Waals surface area contributed by atoms with Crippen LogP contribution in [0.25, 0.3) is 0 Å². The van der Waals surface area contributed by atoms with Crippen molar-refractivity contribution in [2.45, 2.75) is 6.61 Å². The Hall–Kier alpha value is -1.84. The Bertz CT molecular complexity index is 344. The van der Waals surface area contributed by atoms with Crippen molar-refractivity contribution in [2.24, 2.45) is 0 Å². The molecule has 0 amide bonds. The van der Waals surface area contributed by atoms with Crippen LogP contribution in [-0.4, -0.2) is 15.4 Å². The van der Waals surface area contributed by atoms with Crippen LogP contribution < -0.4 is 4.74 Å². The summed E-state index contributed by atoms with van der Waals surface area (Å²) in [5.41, 5.74) is 0.795. The van der Waals surface area contributed by atoms with Gasteiger partial charge in [0.25, 0.3) is 0 Å². The van der Waals surface area contributed by atoms with E-state index in [1.807, 2.05) is 30.3 Å². The van der Waals surface area contributed by atoms with Crippen LogP contribution in [0.2, 0.25) is 0 Å². The van der Waals surface area contributed by atoms with Gasteiger partial charge >= 0.3 is 0 Å². The van der Waals surface area contributed by atoms with Crippen LogP contribution in [0.5, 0.6) is 5.75 Å². The van der Waals surface area contributed by atoms with E-state index in [4.69, 9.17) is 4.74 Å². The van der Waals surface area contributed by atoms with Gasteiger partial charge in [-0.2, -0.15) is 15.4 Å². The van der Waals surface area contributed by atoms with Crippen LogP contribution in [-0.2, 0) is 6.61 Å². The summed E-state index contributed by atoms with van der Waals surface area (Å²) in [7, 11) is 0. The van der Waals surface area contributed by atoms with Gasteiger partial charge in [-0.05, 0) is 12.1 Å². The Kier molecular flexibility index (Phi) is 2.22. The molecule has 2 aromatic rings. The molecule has 0 spiro atoms. The number of nitrogens with one attached hydrogen (secondary N) is 1. The molecule has 0 fully saturated rings. The third kappa shape index (κ3) is 2.05. The molecule has 13 heavy (non-hydrogen) atoms. The predicted octanol–water partition coefficient (Wildman–Crippen LogP) is 1.38. The summed E-state index contributed by atoms with van der Waals surface area (Å²) >= 11 is 0. The van der Waals surface area contributed by atoms with E-state index in [9.17, 15) is 0 Å². The summed E-state index contributed by atoms with van der Waals surface area (Å²) in [6.07, 6.45) is 1.64. The van der Waals surface area contributed by atoms with Crippen molar-refractivity contribution in [3.63, 3.8) is 0 Å². The van der Waals surface area contributed by atoms with Gasteiger partial charge < -0.3 is 4.74 Å². The summed E-state index contributed by atoms with van der Waals surface area (Å²) in [5, 5.41) is 10.1.